The number of hydrogen-bond acceptors (Lipinski definition) is 4. The Morgan fingerprint density at radius 2 is 2.09 bits per heavy atom. The maximum atomic E-state index is 12.0. The molecular weight excluding hydrogens is 352 g/mol. The lowest BCUT2D eigenvalue weighted by molar-refractivity contribution is -0.141. The number of rotatable bonds is 7. The van der Waals surface area contributed by atoms with Gasteiger partial charge in [-0.3, -0.25) is 9.59 Å². The maximum Gasteiger partial charge on any atom is 0.321 e. The van der Waals surface area contributed by atoms with E-state index in [-0.39, 0.29) is 18.4 Å². The number of ether oxygens (including phenoxy) is 1. The monoisotopic (exact) mass is 370 g/mol. The highest BCUT2D eigenvalue weighted by Gasteiger charge is 2.23. The van der Waals surface area contributed by atoms with Gasteiger partial charge in [-0.2, -0.15) is 0 Å². The van der Waals surface area contributed by atoms with Gasteiger partial charge in [0, 0.05) is 23.3 Å². The van der Waals surface area contributed by atoms with Gasteiger partial charge < -0.3 is 20.5 Å². The molecule has 0 radical (unpaired) electrons. The molecule has 0 aromatic heterocycles. The van der Waals surface area contributed by atoms with Gasteiger partial charge in [-0.25, -0.2) is 0 Å². The Balaban J connectivity index is 1.82. The summed E-state index contributed by atoms with van der Waals surface area (Å²) >= 11 is 3.31. The number of amides is 1. The molecule has 0 aliphatic carbocycles. The van der Waals surface area contributed by atoms with Crippen LogP contribution in [0.2, 0.25) is 0 Å². The quantitative estimate of drug-likeness (QED) is 0.683. The molecule has 0 saturated carbocycles. The van der Waals surface area contributed by atoms with Gasteiger partial charge in [-0.1, -0.05) is 15.9 Å². The van der Waals surface area contributed by atoms with Crippen molar-refractivity contribution in [1.82, 2.24) is 5.32 Å². The second-order valence-corrected chi connectivity index (χ2v) is 6.11. The summed E-state index contributed by atoms with van der Waals surface area (Å²) in [4.78, 5) is 23.2. The van der Waals surface area contributed by atoms with Crippen molar-refractivity contribution in [3.05, 3.63) is 28.7 Å². The molecule has 120 valence electrons. The summed E-state index contributed by atoms with van der Waals surface area (Å²) in [6.07, 6.45) is 1.83. The fraction of sp³-hybridized carbons (Fsp3) is 0.467. The van der Waals surface area contributed by atoms with Crippen molar-refractivity contribution in [1.29, 1.82) is 0 Å². The molecule has 1 aromatic carbocycles. The van der Waals surface area contributed by atoms with E-state index in [1.807, 2.05) is 0 Å². The molecule has 2 atom stereocenters. The second kappa shape index (κ2) is 8.26. The van der Waals surface area contributed by atoms with E-state index in [0.717, 1.165) is 17.3 Å². The summed E-state index contributed by atoms with van der Waals surface area (Å²) in [6, 6.07) is 6.19. The van der Waals surface area contributed by atoms with Crippen LogP contribution in [0.4, 0.5) is 5.69 Å². The minimum absolute atomic E-state index is 0.0383. The predicted octanol–water partition coefficient (Wildman–Crippen LogP) is 2.00. The minimum Gasteiger partial charge on any atom is -0.480 e. The van der Waals surface area contributed by atoms with Gasteiger partial charge in [0.2, 0.25) is 5.91 Å². The molecule has 22 heavy (non-hydrogen) atoms. The number of halogens is 1. The zero-order chi connectivity index (χ0) is 15.9. The molecule has 7 heteroatoms. The summed E-state index contributed by atoms with van der Waals surface area (Å²) in [5, 5.41) is 14.8. The van der Waals surface area contributed by atoms with Gasteiger partial charge in [0.1, 0.15) is 6.04 Å². The molecule has 1 amide bonds. The predicted molar refractivity (Wildman–Crippen MR) is 85.8 cm³/mol. The number of aliphatic carboxylic acids is 1. The summed E-state index contributed by atoms with van der Waals surface area (Å²) in [5.41, 5.74) is 0.636. The lowest BCUT2D eigenvalue weighted by Crippen LogP contribution is -2.43. The average Bonchev–Trinajstić information content (AvgIpc) is 2.99. The van der Waals surface area contributed by atoms with Gasteiger partial charge in [-0.05, 0) is 37.1 Å². The number of nitrogens with one attached hydrogen (secondary N) is 2. The lowest BCUT2D eigenvalue weighted by Gasteiger charge is -2.17. The van der Waals surface area contributed by atoms with Crippen LogP contribution in [0.1, 0.15) is 19.3 Å². The Morgan fingerprint density at radius 1 is 1.36 bits per heavy atom. The Labute approximate surface area is 137 Å². The second-order valence-electron chi connectivity index (χ2n) is 5.19. The van der Waals surface area contributed by atoms with Gasteiger partial charge in [-0.15, -0.1) is 0 Å². The molecular formula is C15H19BrN2O4. The summed E-state index contributed by atoms with van der Waals surface area (Å²) in [6.45, 7) is 1.16. The lowest BCUT2D eigenvalue weighted by atomic mass is 10.1. The van der Waals surface area contributed by atoms with E-state index in [1.54, 1.807) is 24.3 Å². The van der Waals surface area contributed by atoms with Crippen LogP contribution in [-0.4, -0.2) is 42.3 Å². The van der Waals surface area contributed by atoms with Crippen molar-refractivity contribution >= 4 is 33.5 Å². The average molecular weight is 371 g/mol. The highest BCUT2D eigenvalue weighted by molar-refractivity contribution is 9.10. The maximum absolute atomic E-state index is 12.0. The molecule has 0 bridgehead atoms. The van der Waals surface area contributed by atoms with E-state index in [1.165, 1.54) is 0 Å². The molecule has 1 aromatic rings. The van der Waals surface area contributed by atoms with Crippen LogP contribution in [0, 0.1) is 0 Å². The first-order chi connectivity index (χ1) is 10.5. The Bertz CT molecular complexity index is 515. The van der Waals surface area contributed by atoms with Gasteiger partial charge in [0.05, 0.1) is 12.5 Å². The first-order valence-corrected chi connectivity index (χ1v) is 7.97. The molecule has 0 spiro atoms. The standard InChI is InChI=1S/C15H19BrN2O4/c16-10-3-5-11(6-4-10)18-14(19)8-13(15(20)21)17-9-12-2-1-7-22-12/h3-6,12-13,17H,1-2,7-9H2,(H,18,19)(H,20,21)/t12-,13-/m1/s1. The molecule has 6 nitrogen and oxygen atoms in total. The number of hydrogen-bond donors (Lipinski definition) is 3. The number of benzene rings is 1. The third-order valence-electron chi connectivity index (χ3n) is 3.43. The van der Waals surface area contributed by atoms with Crippen molar-refractivity contribution < 1.29 is 19.4 Å². The molecule has 1 aliphatic rings. The van der Waals surface area contributed by atoms with Crippen LogP contribution < -0.4 is 10.6 Å². The molecule has 3 N–H and O–H groups in total. The van der Waals surface area contributed by atoms with Crippen LogP contribution in [0.25, 0.3) is 0 Å². The molecule has 1 fully saturated rings. The molecule has 1 aliphatic heterocycles. The van der Waals surface area contributed by atoms with Crippen LogP contribution in [0.3, 0.4) is 0 Å². The van der Waals surface area contributed by atoms with Crippen molar-refractivity contribution in [2.75, 3.05) is 18.5 Å². The van der Waals surface area contributed by atoms with Gasteiger partial charge >= 0.3 is 5.97 Å². The molecule has 0 unspecified atom stereocenters. The largest absolute Gasteiger partial charge is 0.480 e. The highest BCUT2D eigenvalue weighted by Crippen LogP contribution is 2.15. The number of carbonyl (C=O) groups excluding carboxylic acids is 1. The SMILES string of the molecule is O=C(C[C@@H](NC[C@H]1CCCO1)C(=O)O)Nc1ccc(Br)cc1. The smallest absolute Gasteiger partial charge is 0.321 e. The summed E-state index contributed by atoms with van der Waals surface area (Å²) in [7, 11) is 0. The fourth-order valence-electron chi connectivity index (χ4n) is 2.26. The Kier molecular flexibility index (Phi) is 6.35. The fourth-order valence-corrected chi connectivity index (χ4v) is 2.52. The molecule has 1 heterocycles. The summed E-state index contributed by atoms with van der Waals surface area (Å²) in [5.74, 6) is -1.38. The van der Waals surface area contributed by atoms with Crippen LogP contribution in [0.15, 0.2) is 28.7 Å². The normalized spacial score (nSPS) is 18.9. The minimum atomic E-state index is -1.04. The van der Waals surface area contributed by atoms with Crippen molar-refractivity contribution in [2.24, 2.45) is 0 Å². The number of carboxylic acid groups (broad SMARTS) is 1. The van der Waals surface area contributed by atoms with Crippen LogP contribution in [-0.2, 0) is 14.3 Å². The van der Waals surface area contributed by atoms with Crippen LogP contribution >= 0.6 is 15.9 Å². The Hall–Kier alpha value is -1.44. The topological polar surface area (TPSA) is 87.7 Å². The Morgan fingerprint density at radius 3 is 2.68 bits per heavy atom. The first-order valence-electron chi connectivity index (χ1n) is 7.18. The van der Waals surface area contributed by atoms with Gasteiger partial charge in [0.15, 0.2) is 0 Å². The highest BCUT2D eigenvalue weighted by atomic mass is 79.9. The van der Waals surface area contributed by atoms with Crippen molar-refractivity contribution in [3.8, 4) is 0 Å². The van der Waals surface area contributed by atoms with E-state index in [9.17, 15) is 14.7 Å². The zero-order valence-corrected chi connectivity index (χ0v) is 13.6. The molecule has 1 saturated heterocycles. The van der Waals surface area contributed by atoms with Crippen molar-refractivity contribution in [2.45, 2.75) is 31.4 Å². The van der Waals surface area contributed by atoms with E-state index >= 15 is 0 Å². The van der Waals surface area contributed by atoms with Crippen molar-refractivity contribution in [3.63, 3.8) is 0 Å². The number of anilines is 1. The van der Waals surface area contributed by atoms with E-state index in [4.69, 9.17) is 4.74 Å². The van der Waals surface area contributed by atoms with E-state index in [2.05, 4.69) is 26.6 Å². The van der Waals surface area contributed by atoms with Gasteiger partial charge in [0.25, 0.3) is 0 Å². The summed E-state index contributed by atoms with van der Waals surface area (Å²) < 4.78 is 6.34. The van der Waals surface area contributed by atoms with E-state index < -0.39 is 12.0 Å². The third-order valence-corrected chi connectivity index (χ3v) is 3.96. The van der Waals surface area contributed by atoms with E-state index in [0.29, 0.717) is 18.8 Å². The number of carbonyl (C=O) groups is 2. The number of carboxylic acids is 1. The first kappa shape index (κ1) is 16.9. The third kappa shape index (κ3) is 5.40. The molecule has 2 rings (SSSR count). The zero-order valence-electron chi connectivity index (χ0n) is 12.0. The van der Waals surface area contributed by atoms with Crippen LogP contribution in [0.5, 0.6) is 0 Å².